The van der Waals surface area contributed by atoms with Crippen LogP contribution in [0, 0.1) is 0 Å². The molecule has 0 aromatic heterocycles. The second kappa shape index (κ2) is 8.98. The van der Waals surface area contributed by atoms with Gasteiger partial charge in [0.15, 0.2) is 0 Å². The molecule has 4 nitrogen and oxygen atoms in total. The third kappa shape index (κ3) is 4.99. The van der Waals surface area contributed by atoms with Crippen molar-refractivity contribution in [2.45, 2.75) is 77.7 Å². The van der Waals surface area contributed by atoms with Crippen molar-refractivity contribution in [3.63, 3.8) is 0 Å². The Hall–Kier alpha value is -0.160. The summed E-state index contributed by atoms with van der Waals surface area (Å²) in [6.45, 7) is 12.1. The van der Waals surface area contributed by atoms with Crippen LogP contribution >= 0.6 is 0 Å². The molecule has 0 aromatic carbocycles. The van der Waals surface area contributed by atoms with Gasteiger partial charge in [-0.1, -0.05) is 27.7 Å². The van der Waals surface area contributed by atoms with E-state index in [-0.39, 0.29) is 12.2 Å². The van der Waals surface area contributed by atoms with E-state index >= 15 is 0 Å². The van der Waals surface area contributed by atoms with Crippen LogP contribution in [0.3, 0.4) is 0 Å². The van der Waals surface area contributed by atoms with Gasteiger partial charge in [-0.2, -0.15) is 0 Å². The maximum Gasteiger partial charge on any atom is 0.0664 e. The van der Waals surface area contributed by atoms with Crippen molar-refractivity contribution in [3.8, 4) is 0 Å². The number of hydrogen-bond acceptors (Lipinski definition) is 4. The lowest BCUT2D eigenvalue weighted by atomic mass is 10.0. The van der Waals surface area contributed by atoms with Gasteiger partial charge in [-0.15, -0.1) is 0 Å². The third-order valence-electron chi connectivity index (χ3n) is 4.70. The van der Waals surface area contributed by atoms with E-state index in [0.29, 0.717) is 12.1 Å². The molecule has 20 heavy (non-hydrogen) atoms. The number of β-amino-alcohol motifs (C(OH)–C–C–N with tert-alkyl or cyclic N) is 2. The molecule has 0 bridgehead atoms. The van der Waals surface area contributed by atoms with Crippen molar-refractivity contribution in [1.29, 1.82) is 0 Å². The van der Waals surface area contributed by atoms with E-state index < -0.39 is 0 Å². The maximum atomic E-state index is 9.94. The van der Waals surface area contributed by atoms with E-state index in [2.05, 4.69) is 23.6 Å². The Morgan fingerprint density at radius 3 is 1.40 bits per heavy atom. The van der Waals surface area contributed by atoms with Crippen LogP contribution in [0.15, 0.2) is 0 Å². The minimum Gasteiger partial charge on any atom is -0.392 e. The number of hydrogen-bond donors (Lipinski definition) is 2. The molecular weight excluding hydrogens is 252 g/mol. The van der Waals surface area contributed by atoms with E-state index in [1.807, 2.05) is 13.8 Å². The molecule has 1 rings (SSSR count). The van der Waals surface area contributed by atoms with Gasteiger partial charge in [0.2, 0.25) is 0 Å². The van der Waals surface area contributed by atoms with E-state index in [9.17, 15) is 10.2 Å². The summed E-state index contributed by atoms with van der Waals surface area (Å²) < 4.78 is 0. The lowest BCUT2D eigenvalue weighted by molar-refractivity contribution is -0.0199. The van der Waals surface area contributed by atoms with Crippen molar-refractivity contribution in [2.75, 3.05) is 26.2 Å². The number of aliphatic hydroxyl groups is 2. The topological polar surface area (TPSA) is 46.9 Å². The van der Waals surface area contributed by atoms with Crippen LogP contribution < -0.4 is 0 Å². The lowest BCUT2D eigenvalue weighted by Crippen LogP contribution is -2.60. The fourth-order valence-corrected chi connectivity index (χ4v) is 3.09. The second-order valence-corrected chi connectivity index (χ2v) is 6.16. The predicted molar refractivity (Wildman–Crippen MR) is 83.9 cm³/mol. The zero-order valence-corrected chi connectivity index (χ0v) is 13.8. The number of rotatable bonds is 8. The molecule has 120 valence electrons. The zero-order chi connectivity index (χ0) is 15.1. The highest BCUT2D eigenvalue weighted by atomic mass is 16.3. The molecule has 2 N–H and O–H groups in total. The molecule has 1 saturated heterocycles. The van der Waals surface area contributed by atoms with E-state index in [1.165, 1.54) is 0 Å². The average molecular weight is 286 g/mol. The van der Waals surface area contributed by atoms with Crippen LogP contribution in [0.4, 0.5) is 0 Å². The Balaban J connectivity index is 2.66. The van der Waals surface area contributed by atoms with Crippen molar-refractivity contribution < 1.29 is 10.2 Å². The van der Waals surface area contributed by atoms with Crippen molar-refractivity contribution in [2.24, 2.45) is 0 Å². The summed E-state index contributed by atoms with van der Waals surface area (Å²) in [6, 6.07) is 1.01. The summed E-state index contributed by atoms with van der Waals surface area (Å²) >= 11 is 0. The van der Waals surface area contributed by atoms with Crippen LogP contribution in [0.1, 0.15) is 53.4 Å². The van der Waals surface area contributed by atoms with Crippen LogP contribution in [-0.4, -0.2) is 70.5 Å². The first-order valence-electron chi connectivity index (χ1n) is 8.39. The van der Waals surface area contributed by atoms with Crippen LogP contribution in [0.25, 0.3) is 0 Å². The molecule has 0 radical (unpaired) electrons. The predicted octanol–water partition coefficient (Wildman–Crippen LogP) is 1.70. The van der Waals surface area contributed by atoms with Crippen molar-refractivity contribution in [3.05, 3.63) is 0 Å². The van der Waals surface area contributed by atoms with Gasteiger partial charge >= 0.3 is 0 Å². The molecule has 0 aliphatic carbocycles. The summed E-state index contributed by atoms with van der Waals surface area (Å²) in [7, 11) is 0. The number of aliphatic hydroxyl groups excluding tert-OH is 2. The van der Waals surface area contributed by atoms with Crippen LogP contribution in [0.2, 0.25) is 0 Å². The highest BCUT2D eigenvalue weighted by Crippen LogP contribution is 2.21. The summed E-state index contributed by atoms with van der Waals surface area (Å²) in [4.78, 5) is 4.91. The SMILES string of the molecule is CCC1CN(C[C@H](O)CC)C(CC)CN1C[C@H](O)CC. The van der Waals surface area contributed by atoms with Gasteiger partial charge in [-0.05, 0) is 25.7 Å². The van der Waals surface area contributed by atoms with Gasteiger partial charge in [0, 0.05) is 38.3 Å². The normalized spacial score (nSPS) is 28.5. The van der Waals surface area contributed by atoms with Gasteiger partial charge in [0.1, 0.15) is 0 Å². The molecule has 1 fully saturated rings. The minimum atomic E-state index is -0.214. The highest BCUT2D eigenvalue weighted by molar-refractivity contribution is 4.89. The van der Waals surface area contributed by atoms with Gasteiger partial charge in [-0.25, -0.2) is 0 Å². The first-order valence-corrected chi connectivity index (χ1v) is 8.39. The molecule has 1 aliphatic rings. The van der Waals surface area contributed by atoms with Crippen LogP contribution in [-0.2, 0) is 0 Å². The maximum absolute atomic E-state index is 9.94. The van der Waals surface area contributed by atoms with Crippen molar-refractivity contribution >= 4 is 0 Å². The molecule has 0 aromatic rings. The monoisotopic (exact) mass is 286 g/mol. The molecule has 0 amide bonds. The third-order valence-corrected chi connectivity index (χ3v) is 4.70. The largest absolute Gasteiger partial charge is 0.392 e. The Bertz CT molecular complexity index is 237. The Labute approximate surface area is 124 Å². The molecule has 4 heteroatoms. The van der Waals surface area contributed by atoms with Crippen LogP contribution in [0.5, 0.6) is 0 Å². The zero-order valence-electron chi connectivity index (χ0n) is 13.8. The van der Waals surface area contributed by atoms with Gasteiger partial charge in [-0.3, -0.25) is 9.80 Å². The van der Waals surface area contributed by atoms with E-state index in [1.54, 1.807) is 0 Å². The Morgan fingerprint density at radius 1 is 0.800 bits per heavy atom. The van der Waals surface area contributed by atoms with Gasteiger partial charge in [0.05, 0.1) is 12.2 Å². The first-order chi connectivity index (χ1) is 9.55. The molecule has 0 saturated carbocycles. The Morgan fingerprint density at radius 2 is 1.15 bits per heavy atom. The number of nitrogens with zero attached hydrogens (tertiary/aromatic N) is 2. The van der Waals surface area contributed by atoms with Crippen molar-refractivity contribution in [1.82, 2.24) is 9.80 Å². The van der Waals surface area contributed by atoms with Gasteiger partial charge in [0.25, 0.3) is 0 Å². The van der Waals surface area contributed by atoms with E-state index in [0.717, 1.165) is 51.9 Å². The fraction of sp³-hybridized carbons (Fsp3) is 1.00. The molecule has 1 heterocycles. The molecule has 4 atom stereocenters. The summed E-state index contributed by atoms with van der Waals surface area (Å²) in [5.74, 6) is 0. The highest BCUT2D eigenvalue weighted by Gasteiger charge is 2.33. The molecule has 1 aliphatic heterocycles. The molecule has 2 unspecified atom stereocenters. The lowest BCUT2D eigenvalue weighted by Gasteiger charge is -2.47. The standard InChI is InChI=1S/C16H34N2O2/c1-5-13-9-18(12-16(20)8-4)14(6-2)10-17(13)11-15(19)7-3/h13-16,19-20H,5-12H2,1-4H3/t13?,14?,15-,16-/m1/s1. The second-order valence-electron chi connectivity index (χ2n) is 6.16. The average Bonchev–Trinajstić information content (AvgIpc) is 2.47. The smallest absolute Gasteiger partial charge is 0.0664 e. The summed E-state index contributed by atoms with van der Waals surface area (Å²) in [5.41, 5.74) is 0. The fourth-order valence-electron chi connectivity index (χ4n) is 3.09. The molecule has 0 spiro atoms. The summed E-state index contributed by atoms with van der Waals surface area (Å²) in [6.07, 6.45) is 3.42. The first kappa shape index (κ1) is 17.9. The minimum absolute atomic E-state index is 0.214. The van der Waals surface area contributed by atoms with Gasteiger partial charge < -0.3 is 10.2 Å². The Kier molecular flexibility index (Phi) is 8.03. The van der Waals surface area contributed by atoms with E-state index in [4.69, 9.17) is 0 Å². The summed E-state index contributed by atoms with van der Waals surface area (Å²) in [5, 5.41) is 19.9. The molecular formula is C16H34N2O2. The number of piperazine rings is 1. The quantitative estimate of drug-likeness (QED) is 0.713.